The standard InChI is InChI=1S/C16H13ClN2/c1-11-15(12-7-9-14(17)10-8-12)19-16(18-11)13-5-3-2-4-6-13/h2-10H,1H3,(H,18,19). The third kappa shape index (κ3) is 2.40. The Morgan fingerprint density at radius 2 is 1.58 bits per heavy atom. The summed E-state index contributed by atoms with van der Waals surface area (Å²) < 4.78 is 0. The Labute approximate surface area is 117 Å². The molecule has 0 saturated carbocycles. The van der Waals surface area contributed by atoms with Crippen molar-refractivity contribution in [3.05, 3.63) is 65.3 Å². The van der Waals surface area contributed by atoms with Crippen molar-refractivity contribution >= 4 is 11.6 Å². The van der Waals surface area contributed by atoms with E-state index in [1.165, 1.54) is 0 Å². The third-order valence-corrected chi connectivity index (χ3v) is 3.30. The average molecular weight is 269 g/mol. The van der Waals surface area contributed by atoms with Gasteiger partial charge in [-0.15, -0.1) is 0 Å². The highest BCUT2D eigenvalue weighted by molar-refractivity contribution is 6.30. The lowest BCUT2D eigenvalue weighted by Crippen LogP contribution is -1.81. The maximum atomic E-state index is 5.91. The molecule has 0 unspecified atom stereocenters. The molecule has 2 aromatic carbocycles. The highest BCUT2D eigenvalue weighted by Gasteiger charge is 2.09. The van der Waals surface area contributed by atoms with E-state index < -0.39 is 0 Å². The second-order valence-corrected chi connectivity index (χ2v) is 4.87. The van der Waals surface area contributed by atoms with Crippen molar-refractivity contribution in [2.45, 2.75) is 6.92 Å². The highest BCUT2D eigenvalue weighted by atomic mass is 35.5. The molecule has 0 atom stereocenters. The van der Waals surface area contributed by atoms with Gasteiger partial charge >= 0.3 is 0 Å². The first-order valence-corrected chi connectivity index (χ1v) is 6.50. The van der Waals surface area contributed by atoms with Crippen LogP contribution < -0.4 is 0 Å². The van der Waals surface area contributed by atoms with E-state index in [9.17, 15) is 0 Å². The van der Waals surface area contributed by atoms with Crippen LogP contribution in [-0.4, -0.2) is 9.97 Å². The number of aryl methyl sites for hydroxylation is 1. The van der Waals surface area contributed by atoms with Gasteiger partial charge in [-0.1, -0.05) is 54.1 Å². The predicted molar refractivity (Wildman–Crippen MR) is 79.2 cm³/mol. The van der Waals surface area contributed by atoms with Gasteiger partial charge in [0.1, 0.15) is 5.82 Å². The van der Waals surface area contributed by atoms with Gasteiger partial charge < -0.3 is 4.98 Å². The molecule has 3 aromatic rings. The molecule has 0 aliphatic rings. The third-order valence-electron chi connectivity index (χ3n) is 3.05. The van der Waals surface area contributed by atoms with Crippen molar-refractivity contribution in [3.63, 3.8) is 0 Å². The van der Waals surface area contributed by atoms with Crippen molar-refractivity contribution in [3.8, 4) is 22.6 Å². The summed E-state index contributed by atoms with van der Waals surface area (Å²) in [6, 6.07) is 17.8. The molecule has 0 saturated heterocycles. The van der Waals surface area contributed by atoms with Crippen LogP contribution >= 0.6 is 11.6 Å². The van der Waals surface area contributed by atoms with E-state index in [1.54, 1.807) is 0 Å². The molecule has 1 N–H and O–H groups in total. The molecule has 1 aromatic heterocycles. The summed E-state index contributed by atoms with van der Waals surface area (Å²) in [7, 11) is 0. The van der Waals surface area contributed by atoms with Crippen LogP contribution in [0.1, 0.15) is 5.69 Å². The molecule has 0 aliphatic heterocycles. The zero-order valence-corrected chi connectivity index (χ0v) is 11.3. The van der Waals surface area contributed by atoms with Gasteiger partial charge in [0.25, 0.3) is 0 Å². The lowest BCUT2D eigenvalue weighted by molar-refractivity contribution is 1.26. The Morgan fingerprint density at radius 1 is 0.895 bits per heavy atom. The molecule has 3 rings (SSSR count). The van der Waals surface area contributed by atoms with Crippen molar-refractivity contribution < 1.29 is 0 Å². The summed E-state index contributed by atoms with van der Waals surface area (Å²) in [6.45, 7) is 2.03. The van der Waals surface area contributed by atoms with E-state index in [2.05, 4.69) is 9.97 Å². The number of aromatic nitrogens is 2. The van der Waals surface area contributed by atoms with Crippen LogP contribution in [0.2, 0.25) is 5.02 Å². The number of nitrogens with one attached hydrogen (secondary N) is 1. The van der Waals surface area contributed by atoms with Gasteiger partial charge in [-0.2, -0.15) is 0 Å². The maximum Gasteiger partial charge on any atom is 0.138 e. The van der Waals surface area contributed by atoms with E-state index in [0.29, 0.717) is 0 Å². The van der Waals surface area contributed by atoms with Crippen LogP contribution in [0.3, 0.4) is 0 Å². The molecule has 0 fully saturated rings. The van der Waals surface area contributed by atoms with Gasteiger partial charge in [0.05, 0.1) is 5.69 Å². The number of H-pyrrole nitrogens is 1. The lowest BCUT2D eigenvalue weighted by Gasteiger charge is -1.98. The molecule has 0 spiro atoms. The molecule has 0 bridgehead atoms. The Kier molecular flexibility index (Phi) is 3.10. The number of nitrogens with zero attached hydrogens (tertiary/aromatic N) is 1. The van der Waals surface area contributed by atoms with E-state index in [4.69, 9.17) is 11.6 Å². The Hall–Kier alpha value is -2.06. The van der Waals surface area contributed by atoms with Crippen LogP contribution in [0.5, 0.6) is 0 Å². The first kappa shape index (κ1) is 12.0. The second kappa shape index (κ2) is 4.90. The zero-order valence-electron chi connectivity index (χ0n) is 10.5. The average Bonchev–Trinajstić information content (AvgIpc) is 2.83. The number of benzene rings is 2. The van der Waals surface area contributed by atoms with E-state index in [1.807, 2.05) is 61.5 Å². The molecule has 1 heterocycles. The van der Waals surface area contributed by atoms with Crippen LogP contribution in [0.4, 0.5) is 0 Å². The summed E-state index contributed by atoms with van der Waals surface area (Å²) in [4.78, 5) is 8.01. The molecule has 19 heavy (non-hydrogen) atoms. The van der Waals surface area contributed by atoms with Crippen molar-refractivity contribution in [2.75, 3.05) is 0 Å². The summed E-state index contributed by atoms with van der Waals surface area (Å²) in [5, 5.41) is 0.736. The van der Waals surface area contributed by atoms with Crippen LogP contribution in [0.15, 0.2) is 54.6 Å². The van der Waals surface area contributed by atoms with E-state index in [-0.39, 0.29) is 0 Å². The van der Waals surface area contributed by atoms with E-state index >= 15 is 0 Å². The Balaban J connectivity index is 2.05. The molecule has 3 heteroatoms. The van der Waals surface area contributed by atoms with E-state index in [0.717, 1.165) is 33.4 Å². The Bertz CT molecular complexity index is 685. The van der Waals surface area contributed by atoms with Crippen molar-refractivity contribution in [1.82, 2.24) is 9.97 Å². The van der Waals surface area contributed by atoms with Crippen LogP contribution in [-0.2, 0) is 0 Å². The first-order chi connectivity index (χ1) is 9.24. The normalized spacial score (nSPS) is 10.6. The summed E-state index contributed by atoms with van der Waals surface area (Å²) in [6.07, 6.45) is 0. The topological polar surface area (TPSA) is 28.7 Å². The minimum Gasteiger partial charge on any atom is -0.342 e. The van der Waals surface area contributed by atoms with Gasteiger partial charge in [-0.05, 0) is 19.1 Å². The molecule has 0 aliphatic carbocycles. The summed E-state index contributed by atoms with van der Waals surface area (Å²) in [5.74, 6) is 0.892. The van der Waals surface area contributed by atoms with Crippen molar-refractivity contribution in [2.24, 2.45) is 0 Å². The number of hydrogen-bond donors (Lipinski definition) is 1. The number of hydrogen-bond acceptors (Lipinski definition) is 1. The molecule has 0 radical (unpaired) electrons. The molecule has 0 amide bonds. The number of rotatable bonds is 2. The van der Waals surface area contributed by atoms with Gasteiger partial charge in [0.15, 0.2) is 0 Å². The number of halogens is 1. The molecular formula is C16H13ClN2. The number of imidazole rings is 1. The Morgan fingerprint density at radius 3 is 2.26 bits per heavy atom. The summed E-state index contributed by atoms with van der Waals surface area (Å²) >= 11 is 5.91. The molecule has 2 nitrogen and oxygen atoms in total. The lowest BCUT2D eigenvalue weighted by atomic mass is 10.1. The largest absolute Gasteiger partial charge is 0.342 e. The summed E-state index contributed by atoms with van der Waals surface area (Å²) in [5.41, 5.74) is 4.18. The highest BCUT2D eigenvalue weighted by Crippen LogP contribution is 2.26. The fourth-order valence-electron chi connectivity index (χ4n) is 2.08. The molecule has 94 valence electrons. The number of aromatic amines is 1. The van der Waals surface area contributed by atoms with Crippen LogP contribution in [0, 0.1) is 6.92 Å². The quantitative estimate of drug-likeness (QED) is 0.717. The first-order valence-electron chi connectivity index (χ1n) is 6.12. The monoisotopic (exact) mass is 268 g/mol. The minimum absolute atomic E-state index is 0.736. The molecular weight excluding hydrogens is 256 g/mol. The zero-order chi connectivity index (χ0) is 13.2. The smallest absolute Gasteiger partial charge is 0.138 e. The second-order valence-electron chi connectivity index (χ2n) is 4.43. The predicted octanol–water partition coefficient (Wildman–Crippen LogP) is 4.71. The van der Waals surface area contributed by atoms with Gasteiger partial charge in [-0.3, -0.25) is 0 Å². The fraction of sp³-hybridized carbons (Fsp3) is 0.0625. The van der Waals surface area contributed by atoms with Gasteiger partial charge in [0.2, 0.25) is 0 Å². The minimum atomic E-state index is 0.736. The fourth-order valence-corrected chi connectivity index (χ4v) is 2.21. The maximum absolute atomic E-state index is 5.91. The van der Waals surface area contributed by atoms with Crippen molar-refractivity contribution in [1.29, 1.82) is 0 Å². The van der Waals surface area contributed by atoms with Gasteiger partial charge in [-0.25, -0.2) is 4.98 Å². The van der Waals surface area contributed by atoms with Gasteiger partial charge in [0, 0.05) is 21.8 Å². The SMILES string of the molecule is Cc1[nH]c(-c2ccccc2)nc1-c1ccc(Cl)cc1. The van der Waals surface area contributed by atoms with Crippen LogP contribution in [0.25, 0.3) is 22.6 Å².